The normalized spacial score (nSPS) is 14.4. The minimum Gasteiger partial charge on any atom is -0.493 e. The molecule has 1 aliphatic carbocycles. The average Bonchev–Trinajstić information content (AvgIpc) is 3.41. The molecule has 0 N–H and O–H groups in total. The number of amides is 1. The van der Waals surface area contributed by atoms with E-state index in [1.165, 1.54) is 14.6 Å². The van der Waals surface area contributed by atoms with Crippen molar-refractivity contribution in [3.05, 3.63) is 87.0 Å². The zero-order chi connectivity index (χ0) is 29.2. The number of hydrogen-bond acceptors (Lipinski definition) is 6. The molecular formula is C32H40N2O5S2. The third-order valence-electron chi connectivity index (χ3n) is 7.45. The predicted molar refractivity (Wildman–Crippen MR) is 166 cm³/mol. The Kier molecular flexibility index (Phi) is 11.0. The molecule has 0 atom stereocenters. The molecule has 1 fully saturated rings. The summed E-state index contributed by atoms with van der Waals surface area (Å²) < 4.78 is 39.6. The molecule has 0 aliphatic heterocycles. The van der Waals surface area contributed by atoms with Crippen LogP contribution in [-0.4, -0.2) is 56.9 Å². The first-order chi connectivity index (χ1) is 19.8. The lowest BCUT2D eigenvalue weighted by molar-refractivity contribution is -0.132. The first-order valence-electron chi connectivity index (χ1n) is 14.1. The minimum atomic E-state index is -3.82. The van der Waals surface area contributed by atoms with Gasteiger partial charge in [-0.3, -0.25) is 4.79 Å². The molecule has 1 saturated carbocycles. The third-order valence-corrected chi connectivity index (χ3v) is 9.99. The number of sulfonamides is 1. The van der Waals surface area contributed by atoms with Gasteiger partial charge in [0.2, 0.25) is 15.9 Å². The van der Waals surface area contributed by atoms with Gasteiger partial charge in [-0.1, -0.05) is 55.7 Å². The number of hydrogen-bond donors (Lipinski definition) is 0. The van der Waals surface area contributed by atoms with Crippen LogP contribution in [-0.2, 0) is 27.8 Å². The van der Waals surface area contributed by atoms with E-state index in [0.717, 1.165) is 48.1 Å². The smallest absolute Gasteiger partial charge is 0.238 e. The van der Waals surface area contributed by atoms with Gasteiger partial charge in [-0.2, -0.15) is 4.31 Å². The van der Waals surface area contributed by atoms with Gasteiger partial charge in [-0.25, -0.2) is 8.42 Å². The maximum absolute atomic E-state index is 13.9. The number of aryl methyl sites for hydroxylation is 1. The van der Waals surface area contributed by atoms with Gasteiger partial charge < -0.3 is 14.4 Å². The Hall–Kier alpha value is -3.14. The number of thiophene rings is 1. The highest BCUT2D eigenvalue weighted by atomic mass is 32.2. The fourth-order valence-corrected chi connectivity index (χ4v) is 7.49. The lowest BCUT2D eigenvalue weighted by Gasteiger charge is -2.33. The Balaban J connectivity index is 1.57. The minimum absolute atomic E-state index is 0.178. The van der Waals surface area contributed by atoms with Crippen molar-refractivity contribution in [1.82, 2.24) is 9.21 Å². The summed E-state index contributed by atoms with van der Waals surface area (Å²) in [7, 11) is -0.624. The van der Waals surface area contributed by atoms with E-state index in [9.17, 15) is 13.2 Å². The second-order valence-electron chi connectivity index (χ2n) is 10.4. The van der Waals surface area contributed by atoms with E-state index in [2.05, 4.69) is 0 Å². The molecule has 0 spiro atoms. The molecule has 3 aromatic rings. The Morgan fingerprint density at radius 3 is 2.37 bits per heavy atom. The molecule has 0 unspecified atom stereocenters. The van der Waals surface area contributed by atoms with Crippen LogP contribution < -0.4 is 9.47 Å². The summed E-state index contributed by atoms with van der Waals surface area (Å²) in [5.74, 6) is 1.09. The average molecular weight is 597 g/mol. The van der Waals surface area contributed by atoms with E-state index in [0.29, 0.717) is 31.0 Å². The van der Waals surface area contributed by atoms with Crippen LogP contribution in [0.4, 0.5) is 0 Å². The standard InChI is InChI=1S/C32H40N2O5S2/c1-25-14-16-29(40-25)23-33(20-18-27-15-17-30(38-2)31(22-27)39-3)32(35)24-34(28-12-8-5-9-13-28)41(36,37)21-19-26-10-6-4-7-11-26/h4,6-7,10-11,14-17,19,21-22,28H,5,8-9,12-13,18,20,23-24H2,1-3H3/b21-19+. The largest absolute Gasteiger partial charge is 0.493 e. The molecule has 0 bridgehead atoms. The van der Waals surface area contributed by atoms with Gasteiger partial charge in [0.15, 0.2) is 11.5 Å². The molecule has 2 aromatic carbocycles. The van der Waals surface area contributed by atoms with E-state index in [-0.39, 0.29) is 18.5 Å². The molecule has 0 saturated heterocycles. The van der Waals surface area contributed by atoms with Crippen molar-refractivity contribution < 1.29 is 22.7 Å². The molecule has 220 valence electrons. The Morgan fingerprint density at radius 2 is 1.71 bits per heavy atom. The zero-order valence-electron chi connectivity index (χ0n) is 24.1. The van der Waals surface area contributed by atoms with Crippen molar-refractivity contribution in [2.75, 3.05) is 27.3 Å². The maximum Gasteiger partial charge on any atom is 0.238 e. The number of ether oxygens (including phenoxy) is 2. The van der Waals surface area contributed by atoms with Crippen LogP contribution >= 0.6 is 11.3 Å². The summed E-state index contributed by atoms with van der Waals surface area (Å²) >= 11 is 1.65. The topological polar surface area (TPSA) is 76.2 Å². The molecule has 1 aromatic heterocycles. The number of rotatable bonds is 13. The van der Waals surface area contributed by atoms with E-state index in [1.807, 2.05) is 67.6 Å². The van der Waals surface area contributed by atoms with Crippen LogP contribution in [0.5, 0.6) is 11.5 Å². The third kappa shape index (κ3) is 8.67. The molecular weight excluding hydrogens is 556 g/mol. The first-order valence-corrected chi connectivity index (χ1v) is 16.4. The molecule has 1 aliphatic rings. The lowest BCUT2D eigenvalue weighted by Crippen LogP contribution is -2.47. The van der Waals surface area contributed by atoms with Crippen LogP contribution in [0, 0.1) is 6.92 Å². The van der Waals surface area contributed by atoms with Crippen LogP contribution in [0.2, 0.25) is 0 Å². The Bertz CT molecular complexity index is 1410. The summed E-state index contributed by atoms with van der Waals surface area (Å²) in [6.45, 7) is 2.75. The van der Waals surface area contributed by atoms with Crippen LogP contribution in [0.25, 0.3) is 6.08 Å². The predicted octanol–water partition coefficient (Wildman–Crippen LogP) is 6.28. The van der Waals surface area contributed by atoms with E-state index in [4.69, 9.17) is 9.47 Å². The molecule has 1 amide bonds. The van der Waals surface area contributed by atoms with Crippen molar-refractivity contribution in [3.63, 3.8) is 0 Å². The molecule has 41 heavy (non-hydrogen) atoms. The van der Waals surface area contributed by atoms with Crippen molar-refractivity contribution in [2.45, 2.75) is 58.0 Å². The summed E-state index contributed by atoms with van der Waals surface area (Å²) in [5, 5.41) is 1.25. The molecule has 7 nitrogen and oxygen atoms in total. The molecule has 0 radical (unpaired) electrons. The fourth-order valence-electron chi connectivity index (χ4n) is 5.19. The quantitative estimate of drug-likeness (QED) is 0.232. The summed E-state index contributed by atoms with van der Waals surface area (Å²) in [6.07, 6.45) is 6.76. The molecule has 9 heteroatoms. The molecule has 4 rings (SSSR count). The zero-order valence-corrected chi connectivity index (χ0v) is 25.8. The van der Waals surface area contributed by atoms with Gasteiger partial charge in [0.05, 0.1) is 27.3 Å². The monoisotopic (exact) mass is 596 g/mol. The highest BCUT2D eigenvalue weighted by Gasteiger charge is 2.32. The Morgan fingerprint density at radius 1 is 0.976 bits per heavy atom. The van der Waals surface area contributed by atoms with Crippen LogP contribution in [0.3, 0.4) is 0 Å². The van der Waals surface area contributed by atoms with E-state index < -0.39 is 10.0 Å². The van der Waals surface area contributed by atoms with Crippen molar-refractivity contribution in [1.29, 1.82) is 0 Å². The maximum atomic E-state index is 13.9. The number of methoxy groups -OCH3 is 2. The van der Waals surface area contributed by atoms with E-state index in [1.54, 1.807) is 36.5 Å². The van der Waals surface area contributed by atoms with E-state index >= 15 is 0 Å². The van der Waals surface area contributed by atoms with Gasteiger partial charge >= 0.3 is 0 Å². The second kappa shape index (κ2) is 14.7. The summed E-state index contributed by atoms with van der Waals surface area (Å²) in [5.41, 5.74) is 1.81. The number of benzene rings is 2. The van der Waals surface area contributed by atoms with Gasteiger partial charge in [0, 0.05) is 27.7 Å². The number of carbonyl (C=O) groups excluding carboxylic acids is 1. The highest BCUT2D eigenvalue weighted by molar-refractivity contribution is 7.92. The molecule has 1 heterocycles. The van der Waals surface area contributed by atoms with Crippen molar-refractivity contribution in [3.8, 4) is 11.5 Å². The SMILES string of the molecule is COc1ccc(CCN(Cc2ccc(C)s2)C(=O)CN(C2CCCCC2)S(=O)(=O)/C=C/c2ccccc2)cc1OC. The number of carbonyl (C=O) groups is 1. The van der Waals surface area contributed by atoms with Gasteiger partial charge in [0.25, 0.3) is 0 Å². The second-order valence-corrected chi connectivity index (χ2v) is 13.5. The van der Waals surface area contributed by atoms with Crippen molar-refractivity contribution >= 4 is 33.3 Å². The van der Waals surface area contributed by atoms with Gasteiger partial charge in [0.1, 0.15) is 0 Å². The Labute approximate surface area is 248 Å². The lowest BCUT2D eigenvalue weighted by atomic mass is 9.95. The summed E-state index contributed by atoms with van der Waals surface area (Å²) in [6, 6.07) is 19.0. The fraction of sp³-hybridized carbons (Fsp3) is 0.406. The van der Waals surface area contributed by atoms with Crippen LogP contribution in [0.15, 0.2) is 66.1 Å². The number of nitrogens with zero attached hydrogens (tertiary/aromatic N) is 2. The first kappa shape index (κ1) is 30.8. The summed E-state index contributed by atoms with van der Waals surface area (Å²) in [4.78, 5) is 18.0. The highest BCUT2D eigenvalue weighted by Crippen LogP contribution is 2.29. The van der Waals surface area contributed by atoms with Gasteiger partial charge in [-0.15, -0.1) is 11.3 Å². The van der Waals surface area contributed by atoms with Crippen LogP contribution in [0.1, 0.15) is 53.0 Å². The van der Waals surface area contributed by atoms with Gasteiger partial charge in [-0.05, 0) is 67.7 Å². The van der Waals surface area contributed by atoms with Crippen molar-refractivity contribution in [2.24, 2.45) is 0 Å².